The Kier molecular flexibility index (Phi) is 5.28. The molecule has 2 amide bonds. The van der Waals surface area contributed by atoms with Crippen LogP contribution in [-0.4, -0.2) is 24.7 Å². The van der Waals surface area contributed by atoms with E-state index in [1.54, 1.807) is 23.8 Å². The molecule has 1 aliphatic rings. The summed E-state index contributed by atoms with van der Waals surface area (Å²) in [5.41, 5.74) is 2.53. The third-order valence-corrected chi connectivity index (χ3v) is 5.19. The van der Waals surface area contributed by atoms with Crippen molar-refractivity contribution in [2.45, 2.75) is 18.7 Å². The van der Waals surface area contributed by atoms with E-state index in [9.17, 15) is 9.59 Å². The van der Waals surface area contributed by atoms with Crippen molar-refractivity contribution >= 4 is 35.0 Å². The van der Waals surface area contributed by atoms with Crippen LogP contribution in [-0.2, 0) is 9.59 Å². The largest absolute Gasteiger partial charge is 0.497 e. The van der Waals surface area contributed by atoms with E-state index in [2.05, 4.69) is 5.32 Å². The Morgan fingerprint density at radius 2 is 2.08 bits per heavy atom. The number of nitrogens with one attached hydrogen (secondary N) is 1. The Hall–Kier alpha value is -2.47. The van der Waals surface area contributed by atoms with Crippen molar-refractivity contribution in [1.82, 2.24) is 0 Å². The molecule has 2 aromatic rings. The van der Waals surface area contributed by atoms with Crippen LogP contribution in [0.5, 0.6) is 5.75 Å². The maximum absolute atomic E-state index is 12.5. The Labute approximate surface area is 151 Å². The van der Waals surface area contributed by atoms with Gasteiger partial charge in [0.15, 0.2) is 0 Å². The van der Waals surface area contributed by atoms with E-state index in [1.807, 2.05) is 55.5 Å². The molecule has 130 valence electrons. The quantitative estimate of drug-likeness (QED) is 0.885. The summed E-state index contributed by atoms with van der Waals surface area (Å²) in [4.78, 5) is 25.9. The van der Waals surface area contributed by atoms with Gasteiger partial charge >= 0.3 is 0 Å². The van der Waals surface area contributed by atoms with Gasteiger partial charge in [0.1, 0.15) is 11.1 Å². The molecule has 0 aromatic heterocycles. The van der Waals surface area contributed by atoms with Gasteiger partial charge in [-0.2, -0.15) is 0 Å². The van der Waals surface area contributed by atoms with Crippen LogP contribution in [0.1, 0.15) is 24.3 Å². The minimum atomic E-state index is -0.127. The van der Waals surface area contributed by atoms with Gasteiger partial charge in [0.2, 0.25) is 11.8 Å². The highest BCUT2D eigenvalue weighted by Gasteiger charge is 2.34. The van der Waals surface area contributed by atoms with Gasteiger partial charge in [0, 0.05) is 23.9 Å². The second-order valence-electron chi connectivity index (χ2n) is 5.66. The summed E-state index contributed by atoms with van der Waals surface area (Å²) in [7, 11) is 1.61. The van der Waals surface area contributed by atoms with E-state index < -0.39 is 0 Å². The van der Waals surface area contributed by atoms with Crippen LogP contribution in [0.15, 0.2) is 48.5 Å². The number of thioether (sulfide) groups is 1. The first-order chi connectivity index (χ1) is 12.1. The molecule has 1 saturated heterocycles. The van der Waals surface area contributed by atoms with E-state index in [-0.39, 0.29) is 17.2 Å². The van der Waals surface area contributed by atoms with Gasteiger partial charge in [-0.25, -0.2) is 0 Å². The van der Waals surface area contributed by atoms with Crippen molar-refractivity contribution in [3.05, 3.63) is 54.1 Å². The van der Waals surface area contributed by atoms with Crippen molar-refractivity contribution in [2.75, 3.05) is 23.1 Å². The predicted molar refractivity (Wildman–Crippen MR) is 101 cm³/mol. The summed E-state index contributed by atoms with van der Waals surface area (Å²) in [6.45, 7) is 1.81. The molecule has 1 atom stereocenters. The van der Waals surface area contributed by atoms with Crippen molar-refractivity contribution in [3.63, 3.8) is 0 Å². The molecule has 1 heterocycles. The van der Waals surface area contributed by atoms with Gasteiger partial charge in [-0.15, -0.1) is 11.8 Å². The van der Waals surface area contributed by atoms with Gasteiger partial charge < -0.3 is 10.1 Å². The molecule has 1 fully saturated rings. The Morgan fingerprint density at radius 1 is 1.28 bits per heavy atom. The maximum Gasteiger partial charge on any atom is 0.238 e. The molecule has 5 nitrogen and oxygen atoms in total. The van der Waals surface area contributed by atoms with Crippen molar-refractivity contribution in [1.29, 1.82) is 0 Å². The molecule has 3 rings (SSSR count). The molecule has 0 saturated carbocycles. The number of hydrogen-bond acceptors (Lipinski definition) is 4. The summed E-state index contributed by atoms with van der Waals surface area (Å²) < 4.78 is 5.27. The first-order valence-electron chi connectivity index (χ1n) is 8.10. The second-order valence-corrected chi connectivity index (χ2v) is 6.72. The van der Waals surface area contributed by atoms with E-state index in [0.29, 0.717) is 17.9 Å². The van der Waals surface area contributed by atoms with Crippen molar-refractivity contribution in [3.8, 4) is 5.75 Å². The molecule has 0 radical (unpaired) electrons. The lowest BCUT2D eigenvalue weighted by molar-refractivity contribution is -0.116. The number of benzene rings is 2. The van der Waals surface area contributed by atoms with E-state index in [4.69, 9.17) is 4.74 Å². The highest BCUT2D eigenvalue weighted by Crippen LogP contribution is 2.42. The number of rotatable bonds is 5. The number of hydrogen-bond donors (Lipinski definition) is 1. The zero-order valence-corrected chi connectivity index (χ0v) is 15.0. The molecule has 6 heteroatoms. The third kappa shape index (κ3) is 3.79. The number of amides is 2. The van der Waals surface area contributed by atoms with Gasteiger partial charge in [0.25, 0.3) is 0 Å². The molecule has 0 unspecified atom stereocenters. The molecule has 1 N–H and O–H groups in total. The Balaban J connectivity index is 1.91. The molecule has 0 spiro atoms. The van der Waals surface area contributed by atoms with Crippen LogP contribution in [0.4, 0.5) is 11.4 Å². The minimum absolute atomic E-state index is 0.0306. The first-order valence-corrected chi connectivity index (χ1v) is 9.14. The molecule has 1 aliphatic heterocycles. The van der Waals surface area contributed by atoms with Crippen LogP contribution in [0, 0.1) is 0 Å². The number of carbonyl (C=O) groups is 2. The number of anilines is 2. The van der Waals surface area contributed by atoms with E-state index in [0.717, 1.165) is 16.9 Å². The predicted octanol–water partition coefficient (Wildman–Crippen LogP) is 3.82. The number of nitrogens with zero attached hydrogens (tertiary/aromatic N) is 1. The summed E-state index contributed by atoms with van der Waals surface area (Å²) in [6, 6.07) is 15.2. The molecule has 0 aliphatic carbocycles. The van der Waals surface area contributed by atoms with Crippen molar-refractivity contribution in [2.24, 2.45) is 0 Å². The average Bonchev–Trinajstić information content (AvgIpc) is 3.03. The third-order valence-electron chi connectivity index (χ3n) is 3.98. The van der Waals surface area contributed by atoms with Crippen molar-refractivity contribution < 1.29 is 14.3 Å². The highest BCUT2D eigenvalue weighted by molar-refractivity contribution is 8.00. The Morgan fingerprint density at radius 3 is 2.84 bits per heavy atom. The monoisotopic (exact) mass is 356 g/mol. The normalized spacial score (nSPS) is 16.8. The van der Waals surface area contributed by atoms with E-state index in [1.165, 1.54) is 0 Å². The summed E-state index contributed by atoms with van der Waals surface area (Å²) >= 11 is 1.58. The fourth-order valence-corrected chi connectivity index (χ4v) is 3.90. The van der Waals surface area contributed by atoms with Gasteiger partial charge in [-0.3, -0.25) is 14.5 Å². The zero-order valence-electron chi connectivity index (χ0n) is 14.2. The SMILES string of the molecule is CCC(=O)Nc1cccc([C@H]2SCC(=O)N2c2cccc(OC)c2)c1. The molecule has 25 heavy (non-hydrogen) atoms. The van der Waals surface area contributed by atoms with Crippen LogP contribution < -0.4 is 15.0 Å². The lowest BCUT2D eigenvalue weighted by Crippen LogP contribution is -2.27. The highest BCUT2D eigenvalue weighted by atomic mass is 32.2. The first kappa shape index (κ1) is 17.4. The number of methoxy groups -OCH3 is 1. The fourth-order valence-electron chi connectivity index (χ4n) is 2.73. The topological polar surface area (TPSA) is 58.6 Å². The molecule has 0 bridgehead atoms. The van der Waals surface area contributed by atoms with Gasteiger partial charge in [-0.1, -0.05) is 25.1 Å². The van der Waals surface area contributed by atoms with Crippen LogP contribution in [0.2, 0.25) is 0 Å². The smallest absolute Gasteiger partial charge is 0.238 e. The van der Waals surface area contributed by atoms with E-state index >= 15 is 0 Å². The van der Waals surface area contributed by atoms with Crippen LogP contribution in [0.3, 0.4) is 0 Å². The number of carbonyl (C=O) groups excluding carboxylic acids is 2. The maximum atomic E-state index is 12.5. The Bertz CT molecular complexity index is 794. The van der Waals surface area contributed by atoms with Gasteiger partial charge in [0.05, 0.1) is 12.9 Å². The lowest BCUT2D eigenvalue weighted by atomic mass is 10.1. The number of ether oxygens (including phenoxy) is 1. The lowest BCUT2D eigenvalue weighted by Gasteiger charge is -2.25. The summed E-state index contributed by atoms with van der Waals surface area (Å²) in [6.07, 6.45) is 0.427. The van der Waals surface area contributed by atoms with Gasteiger partial charge in [-0.05, 0) is 29.8 Å². The average molecular weight is 356 g/mol. The van der Waals surface area contributed by atoms with Crippen LogP contribution in [0.25, 0.3) is 0 Å². The van der Waals surface area contributed by atoms with Crippen LogP contribution >= 0.6 is 11.8 Å². The minimum Gasteiger partial charge on any atom is -0.497 e. The standard InChI is InChI=1S/C19H20N2O3S/c1-3-17(22)20-14-7-4-6-13(10-14)19-21(18(23)12-25-19)15-8-5-9-16(11-15)24-2/h4-11,19H,3,12H2,1-2H3,(H,20,22)/t19-/m1/s1. The molecule has 2 aromatic carbocycles. The zero-order chi connectivity index (χ0) is 17.8. The summed E-state index contributed by atoms with van der Waals surface area (Å²) in [5.74, 6) is 1.17. The molecular formula is C19H20N2O3S. The summed E-state index contributed by atoms with van der Waals surface area (Å²) in [5, 5.41) is 2.74. The fraction of sp³-hybridized carbons (Fsp3) is 0.263. The second kappa shape index (κ2) is 7.61. The molecular weight excluding hydrogens is 336 g/mol.